The van der Waals surface area contributed by atoms with E-state index in [1.165, 1.54) is 37.7 Å². The van der Waals surface area contributed by atoms with Gasteiger partial charge in [0.2, 0.25) is 0 Å². The molecule has 4 saturated carbocycles. The minimum absolute atomic E-state index is 0.783. The summed E-state index contributed by atoms with van der Waals surface area (Å²) in [4.78, 5) is 0. The number of benzene rings is 1. The largest absolute Gasteiger partial charge is 0.399 e. The molecule has 4 aliphatic carbocycles. The van der Waals surface area contributed by atoms with E-state index in [0.29, 0.717) is 0 Å². The summed E-state index contributed by atoms with van der Waals surface area (Å²) in [5.41, 5.74) is 7.96. The van der Waals surface area contributed by atoms with Crippen molar-refractivity contribution in [3.05, 3.63) is 29.8 Å². The zero-order valence-corrected chi connectivity index (χ0v) is 11.5. The highest BCUT2D eigenvalue weighted by Crippen LogP contribution is 2.53. The van der Waals surface area contributed by atoms with Gasteiger partial charge in [-0.25, -0.2) is 0 Å². The first-order chi connectivity index (χ1) is 9.28. The van der Waals surface area contributed by atoms with Crippen LogP contribution in [0.25, 0.3) is 0 Å². The molecule has 1 aromatic carbocycles. The first-order valence-electron chi connectivity index (χ1n) is 7.85. The van der Waals surface area contributed by atoms with E-state index in [4.69, 9.17) is 5.73 Å². The number of nitrogen functional groups attached to an aromatic ring is 1. The Morgan fingerprint density at radius 1 is 0.895 bits per heavy atom. The van der Waals surface area contributed by atoms with Gasteiger partial charge in [-0.2, -0.15) is 0 Å². The lowest BCUT2D eigenvalue weighted by Crippen LogP contribution is -2.54. The van der Waals surface area contributed by atoms with Crippen molar-refractivity contribution in [3.63, 3.8) is 0 Å². The van der Waals surface area contributed by atoms with Crippen LogP contribution in [0, 0.1) is 23.7 Å². The minimum Gasteiger partial charge on any atom is -0.399 e. The summed E-state index contributed by atoms with van der Waals surface area (Å²) in [5, 5.41) is 3.86. The van der Waals surface area contributed by atoms with Crippen LogP contribution < -0.4 is 11.1 Å². The van der Waals surface area contributed by atoms with Gasteiger partial charge in [0, 0.05) is 18.3 Å². The summed E-state index contributed by atoms with van der Waals surface area (Å²) in [6.07, 6.45) is 7.51. The van der Waals surface area contributed by atoms with E-state index < -0.39 is 0 Å². The lowest BCUT2D eigenvalue weighted by atomic mass is 9.54. The zero-order valence-electron chi connectivity index (χ0n) is 11.5. The molecule has 0 aliphatic heterocycles. The second kappa shape index (κ2) is 4.52. The highest BCUT2D eigenvalue weighted by molar-refractivity contribution is 5.39. The van der Waals surface area contributed by atoms with Crippen LogP contribution in [0.15, 0.2) is 24.3 Å². The third kappa shape index (κ3) is 2.16. The molecule has 1 aromatic rings. The molecule has 4 fully saturated rings. The number of nitrogens with two attached hydrogens (primary N) is 1. The molecular formula is C17H24N2. The molecule has 0 unspecified atom stereocenters. The molecule has 0 amide bonds. The van der Waals surface area contributed by atoms with E-state index in [2.05, 4.69) is 17.4 Å². The summed E-state index contributed by atoms with van der Waals surface area (Å²) in [6.45, 7) is 1.01. The van der Waals surface area contributed by atoms with Crippen molar-refractivity contribution in [2.45, 2.75) is 44.7 Å². The Kier molecular flexibility index (Phi) is 2.80. The molecule has 0 aromatic heterocycles. The van der Waals surface area contributed by atoms with Crippen molar-refractivity contribution < 1.29 is 0 Å². The summed E-state index contributed by atoms with van der Waals surface area (Å²) < 4.78 is 0. The van der Waals surface area contributed by atoms with Gasteiger partial charge in [-0.15, -0.1) is 0 Å². The Hall–Kier alpha value is -1.02. The molecule has 4 aliphatic rings. The van der Waals surface area contributed by atoms with Crippen molar-refractivity contribution in [1.29, 1.82) is 0 Å². The number of rotatable bonds is 3. The van der Waals surface area contributed by atoms with Gasteiger partial charge < -0.3 is 11.1 Å². The maximum absolute atomic E-state index is 5.74. The minimum atomic E-state index is 0.783. The van der Waals surface area contributed by atoms with Crippen LogP contribution in [0.1, 0.15) is 37.7 Å². The van der Waals surface area contributed by atoms with Gasteiger partial charge in [-0.1, -0.05) is 12.1 Å². The van der Waals surface area contributed by atoms with E-state index in [1.807, 2.05) is 12.1 Å². The fourth-order valence-corrected chi connectivity index (χ4v) is 5.13. The lowest BCUT2D eigenvalue weighted by Gasteiger charge is -2.54. The van der Waals surface area contributed by atoms with Gasteiger partial charge in [0.1, 0.15) is 0 Å². The predicted octanol–water partition coefficient (Wildman–Crippen LogP) is 3.18. The maximum atomic E-state index is 5.74. The van der Waals surface area contributed by atoms with Gasteiger partial charge >= 0.3 is 0 Å². The van der Waals surface area contributed by atoms with Crippen LogP contribution in [0.3, 0.4) is 0 Å². The Morgan fingerprint density at radius 3 is 2.05 bits per heavy atom. The zero-order chi connectivity index (χ0) is 12.8. The first-order valence-corrected chi connectivity index (χ1v) is 7.85. The molecule has 0 heterocycles. The second-order valence-electron chi connectivity index (χ2n) is 7.08. The summed E-state index contributed by atoms with van der Waals surface area (Å²) in [6, 6.07) is 9.10. The third-order valence-electron chi connectivity index (χ3n) is 5.75. The Morgan fingerprint density at radius 2 is 1.47 bits per heavy atom. The van der Waals surface area contributed by atoms with Crippen LogP contribution in [-0.4, -0.2) is 6.04 Å². The normalized spacial score (nSPS) is 39.7. The third-order valence-corrected chi connectivity index (χ3v) is 5.75. The van der Waals surface area contributed by atoms with Crippen molar-refractivity contribution >= 4 is 5.69 Å². The van der Waals surface area contributed by atoms with E-state index >= 15 is 0 Å². The Balaban J connectivity index is 1.42. The van der Waals surface area contributed by atoms with E-state index in [0.717, 1.165) is 41.9 Å². The maximum Gasteiger partial charge on any atom is 0.0314 e. The van der Waals surface area contributed by atoms with E-state index in [1.54, 1.807) is 0 Å². The SMILES string of the molecule is Nc1ccc(CNC2C3CC4CC(C3)CC2C4)cc1. The summed E-state index contributed by atoms with van der Waals surface area (Å²) in [7, 11) is 0. The molecule has 0 radical (unpaired) electrons. The standard InChI is InChI=1S/C17H24N2/c18-16-3-1-11(2-4-16)10-19-17-14-6-12-5-13(8-14)9-15(17)7-12/h1-4,12-15,17,19H,5-10,18H2. The first kappa shape index (κ1) is 11.8. The van der Waals surface area contributed by atoms with Crippen LogP contribution in [0.2, 0.25) is 0 Å². The Bertz CT molecular complexity index is 423. The van der Waals surface area contributed by atoms with Gasteiger partial charge in [0.15, 0.2) is 0 Å². The fraction of sp³-hybridized carbons (Fsp3) is 0.647. The molecule has 3 N–H and O–H groups in total. The van der Waals surface area contributed by atoms with Gasteiger partial charge in [0.25, 0.3) is 0 Å². The predicted molar refractivity (Wildman–Crippen MR) is 78.5 cm³/mol. The van der Waals surface area contributed by atoms with E-state index in [9.17, 15) is 0 Å². The van der Waals surface area contributed by atoms with Gasteiger partial charge in [-0.3, -0.25) is 0 Å². The van der Waals surface area contributed by atoms with Gasteiger partial charge in [-0.05, 0) is 73.5 Å². The molecule has 2 heteroatoms. The lowest BCUT2D eigenvalue weighted by molar-refractivity contribution is -0.0142. The molecule has 102 valence electrons. The van der Waals surface area contributed by atoms with Crippen LogP contribution in [-0.2, 0) is 6.54 Å². The quantitative estimate of drug-likeness (QED) is 0.815. The smallest absolute Gasteiger partial charge is 0.0314 e. The van der Waals surface area contributed by atoms with Crippen LogP contribution in [0.4, 0.5) is 5.69 Å². The van der Waals surface area contributed by atoms with Gasteiger partial charge in [0.05, 0.1) is 0 Å². The monoisotopic (exact) mass is 256 g/mol. The highest BCUT2D eigenvalue weighted by Gasteiger charge is 2.47. The number of anilines is 1. The highest BCUT2D eigenvalue weighted by atomic mass is 14.9. The Labute approximate surface area is 115 Å². The summed E-state index contributed by atoms with van der Waals surface area (Å²) in [5.74, 6) is 4.06. The van der Waals surface area contributed by atoms with E-state index in [-0.39, 0.29) is 0 Å². The summed E-state index contributed by atoms with van der Waals surface area (Å²) >= 11 is 0. The van der Waals surface area contributed by atoms with Crippen LogP contribution in [0.5, 0.6) is 0 Å². The average Bonchev–Trinajstić information content (AvgIpc) is 2.39. The second-order valence-corrected chi connectivity index (χ2v) is 7.08. The van der Waals surface area contributed by atoms with Crippen molar-refractivity contribution in [1.82, 2.24) is 5.32 Å². The molecule has 0 spiro atoms. The van der Waals surface area contributed by atoms with Crippen molar-refractivity contribution in [3.8, 4) is 0 Å². The molecule has 2 nitrogen and oxygen atoms in total. The molecule has 19 heavy (non-hydrogen) atoms. The van der Waals surface area contributed by atoms with Crippen LogP contribution >= 0.6 is 0 Å². The molecule has 4 bridgehead atoms. The fourth-order valence-electron chi connectivity index (χ4n) is 5.13. The number of hydrogen-bond donors (Lipinski definition) is 2. The van der Waals surface area contributed by atoms with Crippen molar-refractivity contribution in [2.75, 3.05) is 5.73 Å². The van der Waals surface area contributed by atoms with Crippen molar-refractivity contribution in [2.24, 2.45) is 23.7 Å². The topological polar surface area (TPSA) is 38.0 Å². The average molecular weight is 256 g/mol. The molecular weight excluding hydrogens is 232 g/mol. The number of hydrogen-bond acceptors (Lipinski definition) is 2. The molecule has 5 rings (SSSR count). The molecule has 0 saturated heterocycles. The number of nitrogens with one attached hydrogen (secondary N) is 1. The molecule has 0 atom stereocenters.